The lowest BCUT2D eigenvalue weighted by molar-refractivity contribution is -0.183. The van der Waals surface area contributed by atoms with Crippen LogP contribution in [0.5, 0.6) is 0 Å². The van der Waals surface area contributed by atoms with Crippen LogP contribution in [-0.2, 0) is 14.3 Å². The maximum absolute atomic E-state index is 10.2. The van der Waals surface area contributed by atoms with Gasteiger partial charge in [-0.3, -0.25) is 0 Å². The van der Waals surface area contributed by atoms with Crippen molar-refractivity contribution in [2.24, 2.45) is 0 Å². The van der Waals surface area contributed by atoms with Crippen molar-refractivity contribution in [3.63, 3.8) is 0 Å². The van der Waals surface area contributed by atoms with Crippen LogP contribution in [0.2, 0.25) is 0 Å². The minimum atomic E-state index is -0.920. The molecule has 4 nitrogen and oxygen atoms in total. The van der Waals surface area contributed by atoms with Crippen LogP contribution in [0.15, 0.2) is 12.2 Å². The molecular weight excluding hydrogens is 196 g/mol. The monoisotopic (exact) mass is 214 g/mol. The molecule has 1 aliphatic heterocycles. The molecule has 0 aromatic heterocycles. The van der Waals surface area contributed by atoms with Crippen molar-refractivity contribution >= 4 is 5.97 Å². The van der Waals surface area contributed by atoms with E-state index in [1.165, 1.54) is 0 Å². The fraction of sp³-hybridized carbons (Fsp3) is 0.727. The van der Waals surface area contributed by atoms with E-state index in [0.29, 0.717) is 6.42 Å². The molecule has 2 atom stereocenters. The van der Waals surface area contributed by atoms with Gasteiger partial charge in [0, 0.05) is 12.7 Å². The summed E-state index contributed by atoms with van der Waals surface area (Å²) in [5, 5.41) is 8.40. The van der Waals surface area contributed by atoms with Crippen LogP contribution in [0, 0.1) is 0 Å². The largest absolute Gasteiger partial charge is 0.478 e. The molecule has 1 unspecified atom stereocenters. The van der Waals surface area contributed by atoms with Crippen molar-refractivity contribution in [3.05, 3.63) is 12.2 Å². The molecule has 1 aliphatic rings. The maximum atomic E-state index is 10.2. The molecule has 0 aliphatic carbocycles. The van der Waals surface area contributed by atoms with E-state index >= 15 is 0 Å². The lowest BCUT2D eigenvalue weighted by Gasteiger charge is -2.25. The highest BCUT2D eigenvalue weighted by Crippen LogP contribution is 2.16. The predicted octanol–water partition coefficient (Wildman–Crippen LogP) is 1.95. The Morgan fingerprint density at radius 3 is 3.07 bits per heavy atom. The molecule has 1 heterocycles. The maximum Gasteiger partial charge on any atom is 0.327 e. The fourth-order valence-corrected chi connectivity index (χ4v) is 1.49. The molecule has 0 bridgehead atoms. The summed E-state index contributed by atoms with van der Waals surface area (Å²) in [6.45, 7) is 2.69. The van der Waals surface area contributed by atoms with Gasteiger partial charge in [0.2, 0.25) is 0 Å². The zero-order valence-corrected chi connectivity index (χ0v) is 9.02. The molecule has 0 aromatic rings. The Bertz CT molecular complexity index is 219. The van der Waals surface area contributed by atoms with Gasteiger partial charge in [-0.1, -0.05) is 6.08 Å². The molecule has 4 heteroatoms. The Labute approximate surface area is 89.9 Å². The smallest absolute Gasteiger partial charge is 0.327 e. The summed E-state index contributed by atoms with van der Waals surface area (Å²) in [7, 11) is 0. The van der Waals surface area contributed by atoms with Crippen molar-refractivity contribution in [2.75, 3.05) is 6.61 Å². The average molecular weight is 214 g/mol. The molecule has 1 rings (SSSR count). The first-order valence-electron chi connectivity index (χ1n) is 5.35. The molecule has 1 fully saturated rings. The Balaban J connectivity index is 2.16. The first-order chi connectivity index (χ1) is 7.18. The highest BCUT2D eigenvalue weighted by atomic mass is 16.7. The number of ether oxygens (including phenoxy) is 2. The van der Waals surface area contributed by atoms with E-state index < -0.39 is 5.97 Å². The Kier molecular flexibility index (Phi) is 5.36. The second kappa shape index (κ2) is 6.58. The van der Waals surface area contributed by atoms with Crippen LogP contribution in [-0.4, -0.2) is 30.1 Å². The van der Waals surface area contributed by atoms with Gasteiger partial charge < -0.3 is 14.6 Å². The van der Waals surface area contributed by atoms with Gasteiger partial charge in [-0.2, -0.15) is 0 Å². The summed E-state index contributed by atoms with van der Waals surface area (Å²) in [4.78, 5) is 10.2. The average Bonchev–Trinajstić information content (AvgIpc) is 2.18. The fourth-order valence-electron chi connectivity index (χ4n) is 1.49. The summed E-state index contributed by atoms with van der Waals surface area (Å²) < 4.78 is 11.0. The van der Waals surface area contributed by atoms with Crippen LogP contribution in [0.1, 0.15) is 32.6 Å². The predicted molar refractivity (Wildman–Crippen MR) is 55.5 cm³/mol. The molecule has 86 valence electrons. The highest BCUT2D eigenvalue weighted by molar-refractivity contribution is 5.79. The van der Waals surface area contributed by atoms with Crippen LogP contribution in [0.4, 0.5) is 0 Å². The standard InChI is InChI=1S/C11H18O4/c1-9(5-4-6-10(12)13)15-11-7-2-3-8-14-11/h4,6,9,11H,2-3,5,7-8H2,1H3,(H,12,13)/b6-4+/t9-,11?/m0/s1. The summed E-state index contributed by atoms with van der Waals surface area (Å²) in [6, 6.07) is 0. The number of rotatable bonds is 5. The molecular formula is C11H18O4. The van der Waals surface area contributed by atoms with Crippen LogP contribution in [0.25, 0.3) is 0 Å². The number of carboxylic acid groups (broad SMARTS) is 1. The van der Waals surface area contributed by atoms with E-state index in [0.717, 1.165) is 31.9 Å². The summed E-state index contributed by atoms with van der Waals surface area (Å²) in [5.74, 6) is -0.920. The second-order valence-electron chi connectivity index (χ2n) is 3.72. The van der Waals surface area contributed by atoms with Crippen molar-refractivity contribution in [2.45, 2.75) is 45.0 Å². The third-order valence-corrected chi connectivity index (χ3v) is 2.25. The molecule has 0 aromatic carbocycles. The van der Waals surface area contributed by atoms with Gasteiger partial charge in [-0.05, 0) is 32.6 Å². The normalized spacial score (nSPS) is 24.2. The van der Waals surface area contributed by atoms with E-state index in [2.05, 4.69) is 0 Å². The van der Waals surface area contributed by atoms with Crippen LogP contribution in [0.3, 0.4) is 0 Å². The van der Waals surface area contributed by atoms with E-state index in [9.17, 15) is 4.79 Å². The second-order valence-corrected chi connectivity index (χ2v) is 3.72. The quantitative estimate of drug-likeness (QED) is 0.711. The zero-order valence-electron chi connectivity index (χ0n) is 9.02. The van der Waals surface area contributed by atoms with Crippen molar-refractivity contribution < 1.29 is 19.4 Å². The van der Waals surface area contributed by atoms with E-state index in [4.69, 9.17) is 14.6 Å². The van der Waals surface area contributed by atoms with Crippen LogP contribution < -0.4 is 0 Å². The Morgan fingerprint density at radius 1 is 1.67 bits per heavy atom. The Hall–Kier alpha value is -0.870. The lowest BCUT2D eigenvalue weighted by atomic mass is 10.2. The van der Waals surface area contributed by atoms with E-state index in [-0.39, 0.29) is 12.4 Å². The van der Waals surface area contributed by atoms with Crippen molar-refractivity contribution in [1.82, 2.24) is 0 Å². The summed E-state index contributed by atoms with van der Waals surface area (Å²) in [5.41, 5.74) is 0. The minimum absolute atomic E-state index is 0.00343. The number of hydrogen-bond donors (Lipinski definition) is 1. The van der Waals surface area contributed by atoms with Gasteiger partial charge in [0.1, 0.15) is 0 Å². The molecule has 1 N–H and O–H groups in total. The van der Waals surface area contributed by atoms with E-state index in [1.54, 1.807) is 6.08 Å². The number of hydrogen-bond acceptors (Lipinski definition) is 3. The van der Waals surface area contributed by atoms with Gasteiger partial charge in [0.05, 0.1) is 6.10 Å². The van der Waals surface area contributed by atoms with Gasteiger partial charge in [-0.25, -0.2) is 4.79 Å². The lowest BCUT2D eigenvalue weighted by Crippen LogP contribution is -2.26. The molecule has 15 heavy (non-hydrogen) atoms. The first kappa shape index (κ1) is 12.2. The molecule has 1 saturated heterocycles. The molecule has 0 saturated carbocycles. The van der Waals surface area contributed by atoms with Crippen molar-refractivity contribution in [3.8, 4) is 0 Å². The number of carbonyl (C=O) groups is 1. The number of aliphatic carboxylic acids is 1. The van der Waals surface area contributed by atoms with Gasteiger partial charge in [0.25, 0.3) is 0 Å². The number of carboxylic acids is 1. The minimum Gasteiger partial charge on any atom is -0.478 e. The van der Waals surface area contributed by atoms with Crippen LogP contribution >= 0.6 is 0 Å². The Morgan fingerprint density at radius 2 is 2.47 bits per heavy atom. The zero-order chi connectivity index (χ0) is 11.1. The third kappa shape index (κ3) is 5.54. The molecule has 0 spiro atoms. The van der Waals surface area contributed by atoms with Gasteiger partial charge in [-0.15, -0.1) is 0 Å². The van der Waals surface area contributed by atoms with Crippen molar-refractivity contribution in [1.29, 1.82) is 0 Å². The SMILES string of the molecule is C[C@@H](C/C=C/C(=O)O)OC1CCCCO1. The first-order valence-corrected chi connectivity index (χ1v) is 5.35. The molecule has 0 amide bonds. The topological polar surface area (TPSA) is 55.8 Å². The van der Waals surface area contributed by atoms with Gasteiger partial charge in [0.15, 0.2) is 6.29 Å². The summed E-state index contributed by atoms with van der Waals surface area (Å²) in [6.07, 6.45) is 6.43. The molecule has 0 radical (unpaired) electrons. The highest BCUT2D eigenvalue weighted by Gasteiger charge is 2.16. The third-order valence-electron chi connectivity index (χ3n) is 2.25. The van der Waals surface area contributed by atoms with Gasteiger partial charge >= 0.3 is 5.97 Å². The summed E-state index contributed by atoms with van der Waals surface area (Å²) >= 11 is 0. The van der Waals surface area contributed by atoms with E-state index in [1.807, 2.05) is 6.92 Å².